The highest BCUT2D eigenvalue weighted by atomic mass is 14.1. The van der Waals surface area contributed by atoms with E-state index in [0.717, 1.165) is 6.42 Å². The minimum Gasteiger partial charge on any atom is -0.0985 e. The zero-order chi connectivity index (χ0) is 9.80. The summed E-state index contributed by atoms with van der Waals surface area (Å²) in [4.78, 5) is 0. The van der Waals surface area contributed by atoms with E-state index < -0.39 is 0 Å². The zero-order valence-corrected chi connectivity index (χ0v) is 8.24. The second-order valence-corrected chi connectivity index (χ2v) is 3.47. The van der Waals surface area contributed by atoms with Gasteiger partial charge in [-0.2, -0.15) is 0 Å². The molecule has 0 aromatic heterocycles. The Bertz CT molecular complexity index is 394. The standard InChI is InChI=1S/C14H14/c1-2-12-7-6-10-14(11-12)13-8-4-3-5-9-13/h2,4,6-11H,1,3,5H2. The van der Waals surface area contributed by atoms with E-state index in [1.165, 1.54) is 23.1 Å². The van der Waals surface area contributed by atoms with E-state index >= 15 is 0 Å². The molecular weight excluding hydrogens is 168 g/mol. The van der Waals surface area contributed by atoms with Gasteiger partial charge in [-0.3, -0.25) is 0 Å². The van der Waals surface area contributed by atoms with E-state index in [-0.39, 0.29) is 0 Å². The summed E-state index contributed by atoms with van der Waals surface area (Å²) in [5.74, 6) is 0. The fourth-order valence-electron chi connectivity index (χ4n) is 1.67. The number of allylic oxidation sites excluding steroid dienone is 4. The normalized spacial score (nSPS) is 15.0. The van der Waals surface area contributed by atoms with Crippen LogP contribution in [0.2, 0.25) is 0 Å². The molecule has 1 aliphatic carbocycles. The van der Waals surface area contributed by atoms with Crippen LogP contribution in [-0.4, -0.2) is 0 Å². The molecule has 0 saturated carbocycles. The maximum Gasteiger partial charge on any atom is -0.0181 e. The average molecular weight is 182 g/mol. The van der Waals surface area contributed by atoms with Crippen LogP contribution in [0, 0.1) is 0 Å². The molecular formula is C14H14. The molecule has 14 heavy (non-hydrogen) atoms. The first-order chi connectivity index (χ1) is 6.90. The lowest BCUT2D eigenvalue weighted by Gasteiger charge is -2.07. The molecule has 0 atom stereocenters. The molecule has 0 amide bonds. The molecule has 2 rings (SSSR count). The number of benzene rings is 1. The maximum absolute atomic E-state index is 3.78. The Kier molecular flexibility index (Phi) is 2.64. The van der Waals surface area contributed by atoms with Crippen molar-refractivity contribution in [2.45, 2.75) is 12.8 Å². The topological polar surface area (TPSA) is 0 Å². The summed E-state index contributed by atoms with van der Waals surface area (Å²) < 4.78 is 0. The summed E-state index contributed by atoms with van der Waals surface area (Å²) in [5.41, 5.74) is 3.81. The molecule has 0 unspecified atom stereocenters. The molecule has 1 aromatic rings. The number of rotatable bonds is 2. The number of hydrogen-bond donors (Lipinski definition) is 0. The van der Waals surface area contributed by atoms with E-state index in [2.05, 4.69) is 49.1 Å². The highest BCUT2D eigenvalue weighted by Gasteiger charge is 2.00. The van der Waals surface area contributed by atoms with Crippen LogP contribution >= 0.6 is 0 Å². The van der Waals surface area contributed by atoms with E-state index in [9.17, 15) is 0 Å². The lowest BCUT2D eigenvalue weighted by molar-refractivity contribution is 1.04. The van der Waals surface area contributed by atoms with Crippen LogP contribution in [0.25, 0.3) is 11.6 Å². The van der Waals surface area contributed by atoms with E-state index in [1.54, 1.807) is 0 Å². The molecule has 0 saturated heterocycles. The molecule has 0 aliphatic heterocycles. The molecule has 0 bridgehead atoms. The largest absolute Gasteiger partial charge is 0.0985 e. The van der Waals surface area contributed by atoms with Gasteiger partial charge in [-0.25, -0.2) is 0 Å². The molecule has 0 N–H and O–H groups in total. The molecule has 0 spiro atoms. The lowest BCUT2D eigenvalue weighted by atomic mass is 9.98. The van der Waals surface area contributed by atoms with Crippen LogP contribution in [0.4, 0.5) is 0 Å². The Labute approximate surface area is 85.3 Å². The molecule has 0 heteroatoms. The van der Waals surface area contributed by atoms with Crippen LogP contribution in [0.3, 0.4) is 0 Å². The lowest BCUT2D eigenvalue weighted by Crippen LogP contribution is -1.86. The van der Waals surface area contributed by atoms with Crippen molar-refractivity contribution in [2.75, 3.05) is 0 Å². The molecule has 0 nitrogen and oxygen atoms in total. The molecule has 70 valence electrons. The fraction of sp³-hybridized carbons (Fsp3) is 0.143. The van der Waals surface area contributed by atoms with Crippen molar-refractivity contribution in [3.63, 3.8) is 0 Å². The summed E-state index contributed by atoms with van der Waals surface area (Å²) >= 11 is 0. The summed E-state index contributed by atoms with van der Waals surface area (Å²) in [6, 6.07) is 8.47. The third-order valence-corrected chi connectivity index (χ3v) is 2.45. The minimum absolute atomic E-state index is 1.16. The third-order valence-electron chi connectivity index (χ3n) is 2.45. The Morgan fingerprint density at radius 3 is 2.86 bits per heavy atom. The Balaban J connectivity index is 2.36. The average Bonchev–Trinajstić information content (AvgIpc) is 2.30. The predicted octanol–water partition coefficient (Wildman–Crippen LogP) is 4.06. The summed E-state index contributed by atoms with van der Waals surface area (Å²) in [5, 5.41) is 0. The monoisotopic (exact) mass is 182 g/mol. The molecule has 1 aromatic carbocycles. The van der Waals surface area contributed by atoms with E-state index in [4.69, 9.17) is 0 Å². The van der Waals surface area contributed by atoms with Gasteiger partial charge in [0.2, 0.25) is 0 Å². The number of hydrogen-bond acceptors (Lipinski definition) is 0. The molecule has 1 aliphatic rings. The van der Waals surface area contributed by atoms with Crippen LogP contribution in [0.5, 0.6) is 0 Å². The van der Waals surface area contributed by atoms with Crippen molar-refractivity contribution in [2.24, 2.45) is 0 Å². The van der Waals surface area contributed by atoms with Crippen molar-refractivity contribution in [1.82, 2.24) is 0 Å². The van der Waals surface area contributed by atoms with Gasteiger partial charge in [0.05, 0.1) is 0 Å². The van der Waals surface area contributed by atoms with Crippen LogP contribution in [-0.2, 0) is 0 Å². The summed E-state index contributed by atoms with van der Waals surface area (Å²) in [7, 11) is 0. The molecule has 0 radical (unpaired) electrons. The second kappa shape index (κ2) is 4.10. The van der Waals surface area contributed by atoms with Gasteiger partial charge in [-0.15, -0.1) is 0 Å². The smallest absolute Gasteiger partial charge is 0.0181 e. The quantitative estimate of drug-likeness (QED) is 0.647. The van der Waals surface area contributed by atoms with Gasteiger partial charge in [0, 0.05) is 0 Å². The van der Waals surface area contributed by atoms with Crippen LogP contribution in [0.15, 0.2) is 49.1 Å². The Morgan fingerprint density at radius 1 is 1.21 bits per heavy atom. The highest BCUT2D eigenvalue weighted by molar-refractivity contribution is 5.76. The summed E-state index contributed by atoms with van der Waals surface area (Å²) in [6.45, 7) is 3.78. The van der Waals surface area contributed by atoms with E-state index in [1.807, 2.05) is 6.08 Å². The van der Waals surface area contributed by atoms with E-state index in [0.29, 0.717) is 0 Å². The van der Waals surface area contributed by atoms with Crippen molar-refractivity contribution in [3.05, 3.63) is 60.2 Å². The first-order valence-electron chi connectivity index (χ1n) is 5.00. The van der Waals surface area contributed by atoms with Crippen molar-refractivity contribution in [1.29, 1.82) is 0 Å². The first-order valence-corrected chi connectivity index (χ1v) is 5.00. The van der Waals surface area contributed by atoms with Crippen molar-refractivity contribution in [3.8, 4) is 0 Å². The maximum atomic E-state index is 3.78. The minimum atomic E-state index is 1.16. The SMILES string of the molecule is C=Cc1cccc(C2=CCCC=C2)c1. The van der Waals surface area contributed by atoms with Gasteiger partial charge in [-0.1, -0.05) is 49.1 Å². The third kappa shape index (κ3) is 1.85. The van der Waals surface area contributed by atoms with Gasteiger partial charge in [0.15, 0.2) is 0 Å². The van der Waals surface area contributed by atoms with Crippen LogP contribution < -0.4 is 0 Å². The predicted molar refractivity (Wildman–Crippen MR) is 62.9 cm³/mol. The second-order valence-electron chi connectivity index (χ2n) is 3.47. The van der Waals surface area contributed by atoms with Gasteiger partial charge >= 0.3 is 0 Å². The van der Waals surface area contributed by atoms with Gasteiger partial charge < -0.3 is 0 Å². The first kappa shape index (κ1) is 9.01. The van der Waals surface area contributed by atoms with Gasteiger partial charge in [0.1, 0.15) is 0 Å². The van der Waals surface area contributed by atoms with Gasteiger partial charge in [0.25, 0.3) is 0 Å². The van der Waals surface area contributed by atoms with Crippen molar-refractivity contribution >= 4 is 11.6 Å². The molecule has 0 fully saturated rings. The summed E-state index contributed by atoms with van der Waals surface area (Å²) in [6.07, 6.45) is 10.9. The van der Waals surface area contributed by atoms with Gasteiger partial charge in [-0.05, 0) is 35.6 Å². The Hall–Kier alpha value is -1.56. The highest BCUT2D eigenvalue weighted by Crippen LogP contribution is 2.22. The molecule has 0 heterocycles. The van der Waals surface area contributed by atoms with Crippen LogP contribution in [0.1, 0.15) is 24.0 Å². The Morgan fingerprint density at radius 2 is 2.14 bits per heavy atom. The van der Waals surface area contributed by atoms with Crippen molar-refractivity contribution < 1.29 is 0 Å². The fourth-order valence-corrected chi connectivity index (χ4v) is 1.67. The zero-order valence-electron chi connectivity index (χ0n) is 8.24.